The monoisotopic (exact) mass is 280 g/mol. The van der Waals surface area contributed by atoms with Crippen molar-refractivity contribution in [1.29, 1.82) is 5.41 Å². The molecule has 1 heterocycles. The van der Waals surface area contributed by atoms with Crippen molar-refractivity contribution in [1.82, 2.24) is 4.90 Å². The van der Waals surface area contributed by atoms with Crippen molar-refractivity contribution in [3.63, 3.8) is 0 Å². The molecule has 1 aliphatic heterocycles. The second-order valence-corrected chi connectivity index (χ2v) is 5.75. The van der Waals surface area contributed by atoms with Gasteiger partial charge in [-0.05, 0) is 39.1 Å². The normalized spacial score (nSPS) is 24.5. The van der Waals surface area contributed by atoms with Crippen LogP contribution in [0.5, 0.6) is 0 Å². The summed E-state index contributed by atoms with van der Waals surface area (Å²) in [7, 11) is 2.17. The molecule has 0 aromatic heterocycles. The van der Waals surface area contributed by atoms with Gasteiger partial charge < -0.3 is 10.6 Å². The zero-order valence-corrected chi connectivity index (χ0v) is 12.4. The third kappa shape index (κ3) is 2.85. The number of piperazine rings is 1. The Hall–Kier alpha value is -1.26. The molecule has 1 saturated heterocycles. The smallest absolute Gasteiger partial charge is 0.124 e. The van der Waals surface area contributed by atoms with E-state index in [1.165, 1.54) is 0 Å². The maximum absolute atomic E-state index is 7.45. The van der Waals surface area contributed by atoms with Crippen molar-refractivity contribution in [2.24, 2.45) is 5.73 Å². The van der Waals surface area contributed by atoms with Crippen molar-refractivity contribution in [3.05, 3.63) is 28.8 Å². The van der Waals surface area contributed by atoms with Crippen LogP contribution in [0.2, 0.25) is 5.02 Å². The van der Waals surface area contributed by atoms with Gasteiger partial charge in [-0.15, -0.1) is 0 Å². The van der Waals surface area contributed by atoms with E-state index in [0.717, 1.165) is 18.8 Å². The largest absolute Gasteiger partial charge is 0.384 e. The summed E-state index contributed by atoms with van der Waals surface area (Å²) in [4.78, 5) is 4.73. The first-order valence-electron chi connectivity index (χ1n) is 6.51. The van der Waals surface area contributed by atoms with Crippen LogP contribution in [0.3, 0.4) is 0 Å². The van der Waals surface area contributed by atoms with Crippen LogP contribution in [0.25, 0.3) is 0 Å². The molecule has 0 amide bonds. The van der Waals surface area contributed by atoms with Gasteiger partial charge in [0.1, 0.15) is 5.84 Å². The van der Waals surface area contributed by atoms with Gasteiger partial charge in [0.2, 0.25) is 0 Å². The van der Waals surface area contributed by atoms with Crippen molar-refractivity contribution >= 4 is 23.1 Å². The molecular weight excluding hydrogens is 260 g/mol. The summed E-state index contributed by atoms with van der Waals surface area (Å²) in [5, 5.41) is 8.00. The van der Waals surface area contributed by atoms with Crippen LogP contribution < -0.4 is 10.6 Å². The van der Waals surface area contributed by atoms with E-state index in [0.29, 0.717) is 22.7 Å². The number of amidine groups is 1. The standard InChI is InChI=1S/C14H21ClN4/c1-9-7-19(8-10(2)18(9)3)11-4-5-12(14(16)17)13(15)6-11/h4-6,9-10H,7-8H2,1-3H3,(H3,16,17). The van der Waals surface area contributed by atoms with Crippen LogP contribution in [0.4, 0.5) is 5.69 Å². The van der Waals surface area contributed by atoms with Gasteiger partial charge in [0.05, 0.1) is 5.02 Å². The number of rotatable bonds is 2. The minimum Gasteiger partial charge on any atom is -0.384 e. The number of nitrogens with one attached hydrogen (secondary N) is 1. The summed E-state index contributed by atoms with van der Waals surface area (Å²) >= 11 is 6.19. The summed E-state index contributed by atoms with van der Waals surface area (Å²) in [6.45, 7) is 6.43. The van der Waals surface area contributed by atoms with Gasteiger partial charge in [-0.25, -0.2) is 0 Å². The molecule has 0 aliphatic carbocycles. The minimum absolute atomic E-state index is 0.0108. The topological polar surface area (TPSA) is 56.4 Å². The molecule has 1 aromatic carbocycles. The van der Waals surface area contributed by atoms with E-state index in [1.807, 2.05) is 18.2 Å². The Balaban J connectivity index is 2.23. The third-order valence-electron chi connectivity index (χ3n) is 3.97. The van der Waals surface area contributed by atoms with E-state index in [4.69, 9.17) is 22.7 Å². The Morgan fingerprint density at radius 2 is 1.89 bits per heavy atom. The Labute approximate surface area is 119 Å². The van der Waals surface area contributed by atoms with E-state index in [9.17, 15) is 0 Å². The predicted octanol–water partition coefficient (Wildman–Crippen LogP) is 2.15. The van der Waals surface area contributed by atoms with E-state index in [1.54, 1.807) is 0 Å². The van der Waals surface area contributed by atoms with Gasteiger partial charge in [-0.3, -0.25) is 10.3 Å². The maximum atomic E-state index is 7.45. The van der Waals surface area contributed by atoms with Gasteiger partial charge in [-0.2, -0.15) is 0 Å². The number of hydrogen-bond acceptors (Lipinski definition) is 3. The van der Waals surface area contributed by atoms with Crippen LogP contribution >= 0.6 is 11.6 Å². The second kappa shape index (κ2) is 5.39. The molecule has 2 atom stereocenters. The number of benzene rings is 1. The van der Waals surface area contributed by atoms with Crippen LogP contribution in [0.1, 0.15) is 19.4 Å². The highest BCUT2D eigenvalue weighted by molar-refractivity contribution is 6.34. The van der Waals surface area contributed by atoms with Gasteiger partial charge in [0.15, 0.2) is 0 Å². The van der Waals surface area contributed by atoms with E-state index in [2.05, 4.69) is 30.7 Å². The highest BCUT2D eigenvalue weighted by Crippen LogP contribution is 2.26. The zero-order valence-electron chi connectivity index (χ0n) is 11.7. The highest BCUT2D eigenvalue weighted by Gasteiger charge is 2.26. The molecule has 4 nitrogen and oxygen atoms in total. The lowest BCUT2D eigenvalue weighted by molar-refractivity contribution is 0.170. The molecular formula is C14H21ClN4. The fraction of sp³-hybridized carbons (Fsp3) is 0.500. The number of nitrogens with two attached hydrogens (primary N) is 1. The van der Waals surface area contributed by atoms with Gasteiger partial charge in [0, 0.05) is 36.4 Å². The van der Waals surface area contributed by atoms with Gasteiger partial charge >= 0.3 is 0 Å². The summed E-state index contributed by atoms with van der Waals surface area (Å²) < 4.78 is 0. The molecule has 104 valence electrons. The molecule has 0 radical (unpaired) electrons. The SMILES string of the molecule is CC1CN(c2ccc(C(=N)N)c(Cl)c2)CC(C)N1C. The number of anilines is 1. The van der Waals surface area contributed by atoms with Crippen LogP contribution in [0, 0.1) is 5.41 Å². The lowest BCUT2D eigenvalue weighted by atomic mass is 10.1. The Kier molecular flexibility index (Phi) is 4.02. The average Bonchev–Trinajstić information content (AvgIpc) is 2.34. The molecule has 0 bridgehead atoms. The van der Waals surface area contributed by atoms with Crippen molar-refractivity contribution in [2.75, 3.05) is 25.0 Å². The predicted molar refractivity (Wildman–Crippen MR) is 81.4 cm³/mol. The number of halogens is 1. The van der Waals surface area contributed by atoms with E-state index >= 15 is 0 Å². The lowest BCUT2D eigenvalue weighted by Gasteiger charge is -2.43. The van der Waals surface area contributed by atoms with Gasteiger partial charge in [-0.1, -0.05) is 11.6 Å². The summed E-state index contributed by atoms with van der Waals surface area (Å²) in [6, 6.07) is 6.74. The molecule has 0 saturated carbocycles. The summed E-state index contributed by atoms with van der Waals surface area (Å²) in [5.74, 6) is 0.0108. The molecule has 19 heavy (non-hydrogen) atoms. The van der Waals surface area contributed by atoms with Gasteiger partial charge in [0.25, 0.3) is 0 Å². The quantitative estimate of drug-likeness (QED) is 0.645. The van der Waals surface area contributed by atoms with E-state index in [-0.39, 0.29) is 5.84 Å². The van der Waals surface area contributed by atoms with Crippen LogP contribution in [-0.2, 0) is 0 Å². The van der Waals surface area contributed by atoms with Crippen molar-refractivity contribution in [2.45, 2.75) is 25.9 Å². The Morgan fingerprint density at radius 1 is 1.32 bits per heavy atom. The third-order valence-corrected chi connectivity index (χ3v) is 4.28. The second-order valence-electron chi connectivity index (χ2n) is 5.35. The first-order valence-corrected chi connectivity index (χ1v) is 6.88. The molecule has 1 fully saturated rings. The fourth-order valence-electron chi connectivity index (χ4n) is 2.53. The fourth-order valence-corrected chi connectivity index (χ4v) is 2.81. The van der Waals surface area contributed by atoms with Crippen LogP contribution in [-0.4, -0.2) is 43.0 Å². The lowest BCUT2D eigenvalue weighted by Crippen LogP contribution is -2.55. The van der Waals surface area contributed by atoms with Crippen molar-refractivity contribution < 1.29 is 0 Å². The van der Waals surface area contributed by atoms with E-state index < -0.39 is 0 Å². The first-order chi connectivity index (χ1) is 8.90. The molecule has 1 aliphatic rings. The Morgan fingerprint density at radius 3 is 2.37 bits per heavy atom. The summed E-state index contributed by atoms with van der Waals surface area (Å²) in [5.41, 5.74) is 7.18. The number of likely N-dealkylation sites (N-methyl/N-ethyl adjacent to an activating group) is 1. The Bertz CT molecular complexity index is 476. The first kappa shape index (κ1) is 14.2. The zero-order chi connectivity index (χ0) is 14.2. The molecule has 3 N–H and O–H groups in total. The highest BCUT2D eigenvalue weighted by atomic mass is 35.5. The summed E-state index contributed by atoms with van der Waals surface area (Å²) in [6.07, 6.45) is 0. The molecule has 2 unspecified atom stereocenters. The molecule has 2 rings (SSSR count). The maximum Gasteiger partial charge on any atom is 0.124 e. The number of nitrogen functional groups attached to an aromatic ring is 1. The minimum atomic E-state index is 0.0108. The van der Waals surface area contributed by atoms with Crippen molar-refractivity contribution in [3.8, 4) is 0 Å². The average molecular weight is 281 g/mol. The number of hydrogen-bond donors (Lipinski definition) is 2. The van der Waals surface area contributed by atoms with Crippen LogP contribution in [0.15, 0.2) is 18.2 Å². The molecule has 5 heteroatoms. The molecule has 0 spiro atoms. The number of nitrogens with zero attached hydrogens (tertiary/aromatic N) is 2. The molecule has 1 aromatic rings.